The van der Waals surface area contributed by atoms with Crippen molar-refractivity contribution in [2.45, 2.75) is 18.9 Å². The molecule has 1 unspecified atom stereocenters. The van der Waals surface area contributed by atoms with Gasteiger partial charge in [0.15, 0.2) is 0 Å². The molecule has 3 N–H and O–H groups in total. The molecule has 1 aliphatic rings. The number of carbonyl (C=O) groups is 1. The predicted molar refractivity (Wildman–Crippen MR) is 68.0 cm³/mol. The van der Waals surface area contributed by atoms with E-state index in [0.717, 1.165) is 19.5 Å². The number of benzene rings is 1. The lowest BCUT2D eigenvalue weighted by atomic mass is 10.0. The average molecular weight is 250 g/mol. The van der Waals surface area contributed by atoms with Crippen LogP contribution in [0.15, 0.2) is 18.2 Å². The number of rotatable bonds is 3. The van der Waals surface area contributed by atoms with Crippen LogP contribution in [-0.4, -0.2) is 36.8 Å². The standard InChI is InChI=1S/C13H18N2O3/c1-13(5-6-14-8-13)15-12(17)10-4-3-9(18-2)7-11(10)16/h3-4,7,14,16H,5-6,8H2,1-2H3,(H,15,17). The Bertz CT molecular complexity index is 454. The molecule has 98 valence electrons. The number of aromatic hydroxyl groups is 1. The van der Waals surface area contributed by atoms with Crippen LogP contribution in [0, 0.1) is 0 Å². The Morgan fingerprint density at radius 2 is 2.33 bits per heavy atom. The summed E-state index contributed by atoms with van der Waals surface area (Å²) in [6, 6.07) is 4.66. The van der Waals surface area contributed by atoms with Crippen molar-refractivity contribution in [2.75, 3.05) is 20.2 Å². The Morgan fingerprint density at radius 1 is 1.56 bits per heavy atom. The van der Waals surface area contributed by atoms with E-state index >= 15 is 0 Å². The van der Waals surface area contributed by atoms with E-state index in [4.69, 9.17) is 4.74 Å². The fourth-order valence-corrected chi connectivity index (χ4v) is 2.10. The second kappa shape index (κ2) is 4.86. The molecule has 5 heteroatoms. The van der Waals surface area contributed by atoms with Crippen LogP contribution < -0.4 is 15.4 Å². The molecule has 0 aliphatic carbocycles. The Hall–Kier alpha value is -1.75. The molecule has 0 spiro atoms. The number of hydrogen-bond donors (Lipinski definition) is 3. The van der Waals surface area contributed by atoms with Crippen LogP contribution in [0.4, 0.5) is 0 Å². The number of hydrogen-bond acceptors (Lipinski definition) is 4. The summed E-state index contributed by atoms with van der Waals surface area (Å²) in [5, 5.41) is 15.9. The zero-order valence-electron chi connectivity index (χ0n) is 10.6. The molecule has 1 saturated heterocycles. The summed E-state index contributed by atoms with van der Waals surface area (Å²) in [6.07, 6.45) is 0.885. The number of phenolic OH excluding ortho intramolecular Hbond substituents is 1. The van der Waals surface area contributed by atoms with Gasteiger partial charge in [-0.2, -0.15) is 0 Å². The first kappa shape index (κ1) is 12.7. The van der Waals surface area contributed by atoms with Gasteiger partial charge < -0.3 is 20.5 Å². The van der Waals surface area contributed by atoms with Gasteiger partial charge in [-0.25, -0.2) is 0 Å². The molecule has 0 bridgehead atoms. The summed E-state index contributed by atoms with van der Waals surface area (Å²) < 4.78 is 4.98. The molecule has 0 aromatic heterocycles. The highest BCUT2D eigenvalue weighted by molar-refractivity contribution is 5.97. The summed E-state index contributed by atoms with van der Waals surface area (Å²) in [5.74, 6) is 0.195. The maximum Gasteiger partial charge on any atom is 0.255 e. The molecule has 0 radical (unpaired) electrons. The molecule has 1 fully saturated rings. The maximum atomic E-state index is 12.1. The monoisotopic (exact) mass is 250 g/mol. The van der Waals surface area contributed by atoms with E-state index in [1.807, 2.05) is 6.92 Å². The van der Waals surface area contributed by atoms with Gasteiger partial charge in [0.2, 0.25) is 0 Å². The van der Waals surface area contributed by atoms with Gasteiger partial charge in [0.1, 0.15) is 11.5 Å². The van der Waals surface area contributed by atoms with E-state index in [9.17, 15) is 9.90 Å². The summed E-state index contributed by atoms with van der Waals surface area (Å²) >= 11 is 0. The Balaban J connectivity index is 2.13. The minimum absolute atomic E-state index is 0.0681. The molecule has 5 nitrogen and oxygen atoms in total. The minimum atomic E-state index is -0.263. The highest BCUT2D eigenvalue weighted by Crippen LogP contribution is 2.24. The lowest BCUT2D eigenvalue weighted by Crippen LogP contribution is -2.47. The average Bonchev–Trinajstić information content (AvgIpc) is 2.75. The van der Waals surface area contributed by atoms with Gasteiger partial charge in [-0.15, -0.1) is 0 Å². The molecular weight excluding hydrogens is 232 g/mol. The Labute approximate surface area is 106 Å². The second-order valence-electron chi connectivity index (χ2n) is 4.82. The van der Waals surface area contributed by atoms with Crippen molar-refractivity contribution in [1.29, 1.82) is 0 Å². The minimum Gasteiger partial charge on any atom is -0.507 e. The third-order valence-corrected chi connectivity index (χ3v) is 3.23. The van der Waals surface area contributed by atoms with Crippen LogP contribution in [0.25, 0.3) is 0 Å². The van der Waals surface area contributed by atoms with Gasteiger partial charge >= 0.3 is 0 Å². The maximum absolute atomic E-state index is 12.1. The molecule has 18 heavy (non-hydrogen) atoms. The van der Waals surface area contributed by atoms with Crippen molar-refractivity contribution in [3.8, 4) is 11.5 Å². The van der Waals surface area contributed by atoms with Crippen molar-refractivity contribution in [2.24, 2.45) is 0 Å². The van der Waals surface area contributed by atoms with Crippen LogP contribution in [-0.2, 0) is 0 Å². The van der Waals surface area contributed by atoms with Crippen LogP contribution >= 0.6 is 0 Å². The third-order valence-electron chi connectivity index (χ3n) is 3.23. The normalized spacial score (nSPS) is 22.8. The lowest BCUT2D eigenvalue weighted by molar-refractivity contribution is 0.0910. The quantitative estimate of drug-likeness (QED) is 0.745. The molecule has 0 saturated carbocycles. The summed E-state index contributed by atoms with van der Waals surface area (Å²) in [4.78, 5) is 12.1. The molecular formula is C13H18N2O3. The first-order valence-electron chi connectivity index (χ1n) is 5.94. The topological polar surface area (TPSA) is 70.6 Å². The van der Waals surface area contributed by atoms with Crippen LogP contribution in [0.1, 0.15) is 23.7 Å². The summed E-state index contributed by atoms with van der Waals surface area (Å²) in [5.41, 5.74) is 0.0209. The molecule has 1 aromatic carbocycles. The Morgan fingerprint density at radius 3 is 2.89 bits per heavy atom. The summed E-state index contributed by atoms with van der Waals surface area (Å²) in [6.45, 7) is 3.63. The van der Waals surface area contributed by atoms with Gasteiger partial charge in [-0.05, 0) is 32.0 Å². The van der Waals surface area contributed by atoms with Gasteiger partial charge in [0.25, 0.3) is 5.91 Å². The van der Waals surface area contributed by atoms with Crippen LogP contribution in [0.3, 0.4) is 0 Å². The number of nitrogens with one attached hydrogen (secondary N) is 2. The first-order chi connectivity index (χ1) is 8.54. The van der Waals surface area contributed by atoms with Crippen molar-refractivity contribution >= 4 is 5.91 Å². The third kappa shape index (κ3) is 2.56. The van der Waals surface area contributed by atoms with Gasteiger partial charge in [-0.3, -0.25) is 4.79 Å². The van der Waals surface area contributed by atoms with E-state index in [-0.39, 0.29) is 22.8 Å². The summed E-state index contributed by atoms with van der Waals surface area (Å²) in [7, 11) is 1.51. The molecule has 1 heterocycles. The number of methoxy groups -OCH3 is 1. The predicted octanol–water partition coefficient (Wildman–Crippen LogP) is 0.883. The number of amides is 1. The Kier molecular flexibility index (Phi) is 3.43. The van der Waals surface area contributed by atoms with E-state index in [1.165, 1.54) is 13.2 Å². The molecule has 1 atom stereocenters. The van der Waals surface area contributed by atoms with Crippen molar-refractivity contribution < 1.29 is 14.6 Å². The smallest absolute Gasteiger partial charge is 0.255 e. The van der Waals surface area contributed by atoms with Crippen molar-refractivity contribution in [1.82, 2.24) is 10.6 Å². The number of carbonyl (C=O) groups excluding carboxylic acids is 1. The zero-order chi connectivity index (χ0) is 13.2. The fraction of sp³-hybridized carbons (Fsp3) is 0.462. The van der Waals surface area contributed by atoms with Crippen LogP contribution in [0.5, 0.6) is 11.5 Å². The number of ether oxygens (including phenoxy) is 1. The highest BCUT2D eigenvalue weighted by Gasteiger charge is 2.30. The molecule has 1 amide bonds. The highest BCUT2D eigenvalue weighted by atomic mass is 16.5. The first-order valence-corrected chi connectivity index (χ1v) is 5.94. The fourth-order valence-electron chi connectivity index (χ4n) is 2.10. The SMILES string of the molecule is COc1ccc(C(=O)NC2(C)CCNC2)c(O)c1. The van der Waals surface area contributed by atoms with E-state index in [1.54, 1.807) is 12.1 Å². The van der Waals surface area contributed by atoms with Crippen molar-refractivity contribution in [3.63, 3.8) is 0 Å². The van der Waals surface area contributed by atoms with E-state index in [0.29, 0.717) is 5.75 Å². The van der Waals surface area contributed by atoms with Crippen molar-refractivity contribution in [3.05, 3.63) is 23.8 Å². The number of phenols is 1. The van der Waals surface area contributed by atoms with Crippen LogP contribution in [0.2, 0.25) is 0 Å². The lowest BCUT2D eigenvalue weighted by Gasteiger charge is -2.24. The van der Waals surface area contributed by atoms with Gasteiger partial charge in [0.05, 0.1) is 18.2 Å². The van der Waals surface area contributed by atoms with E-state index < -0.39 is 0 Å². The molecule has 1 aliphatic heterocycles. The van der Waals surface area contributed by atoms with Gasteiger partial charge in [0, 0.05) is 12.6 Å². The zero-order valence-corrected chi connectivity index (χ0v) is 10.6. The molecule has 2 rings (SSSR count). The second-order valence-corrected chi connectivity index (χ2v) is 4.82. The largest absolute Gasteiger partial charge is 0.507 e. The molecule has 1 aromatic rings. The van der Waals surface area contributed by atoms with Gasteiger partial charge in [-0.1, -0.05) is 0 Å². The van der Waals surface area contributed by atoms with E-state index in [2.05, 4.69) is 10.6 Å².